The second-order valence-corrected chi connectivity index (χ2v) is 9.31. The summed E-state index contributed by atoms with van der Waals surface area (Å²) in [5.74, 6) is 0.697. The van der Waals surface area contributed by atoms with Crippen LogP contribution in [0.3, 0.4) is 0 Å². The van der Waals surface area contributed by atoms with Crippen molar-refractivity contribution in [2.75, 3.05) is 21.9 Å². The Morgan fingerprint density at radius 3 is 2.46 bits per heavy atom. The maximum Gasteiger partial charge on any atom is 0.255 e. The average molecular weight is 401 g/mol. The molecule has 28 heavy (non-hydrogen) atoms. The number of ether oxygens (including phenoxy) is 1. The van der Waals surface area contributed by atoms with Crippen molar-refractivity contribution in [2.24, 2.45) is 0 Å². The van der Waals surface area contributed by atoms with E-state index in [2.05, 4.69) is 5.32 Å². The van der Waals surface area contributed by atoms with Gasteiger partial charge in [-0.1, -0.05) is 6.07 Å². The van der Waals surface area contributed by atoms with Crippen LogP contribution < -0.4 is 14.4 Å². The maximum absolute atomic E-state index is 12.5. The molecule has 1 saturated heterocycles. The molecule has 2 aromatic rings. The van der Waals surface area contributed by atoms with Crippen LogP contribution in [0.1, 0.15) is 42.5 Å². The van der Waals surface area contributed by atoms with Gasteiger partial charge in [-0.15, -0.1) is 0 Å². The van der Waals surface area contributed by atoms with Gasteiger partial charge >= 0.3 is 0 Å². The van der Waals surface area contributed by atoms with Crippen molar-refractivity contribution in [2.45, 2.75) is 38.2 Å². The molecule has 0 spiro atoms. The molecule has 1 aliphatic carbocycles. The Labute approximate surface area is 165 Å². The number of nitrogens with one attached hydrogen (secondary N) is 1. The quantitative estimate of drug-likeness (QED) is 0.828. The van der Waals surface area contributed by atoms with Gasteiger partial charge in [0.15, 0.2) is 0 Å². The minimum absolute atomic E-state index is 0.175. The van der Waals surface area contributed by atoms with Crippen LogP contribution in [0.15, 0.2) is 48.5 Å². The Morgan fingerprint density at radius 2 is 1.79 bits per heavy atom. The molecule has 0 unspecified atom stereocenters. The molecular formula is C21H24N2O4S. The summed E-state index contributed by atoms with van der Waals surface area (Å²) in [6, 6.07) is 14.1. The molecule has 1 amide bonds. The summed E-state index contributed by atoms with van der Waals surface area (Å²) >= 11 is 0. The molecule has 2 fully saturated rings. The SMILES string of the molecule is O=C(Nc1cccc(OC2CCCC2)c1)c1ccc(N2CCCS2(=O)=O)cc1. The van der Waals surface area contributed by atoms with Gasteiger partial charge in [-0.2, -0.15) is 0 Å². The fraction of sp³-hybridized carbons (Fsp3) is 0.381. The van der Waals surface area contributed by atoms with E-state index in [9.17, 15) is 13.2 Å². The van der Waals surface area contributed by atoms with Crippen molar-refractivity contribution < 1.29 is 17.9 Å². The molecular weight excluding hydrogens is 376 g/mol. The number of carbonyl (C=O) groups excluding carboxylic acids is 1. The van der Waals surface area contributed by atoms with Gasteiger partial charge in [0.05, 0.1) is 17.5 Å². The number of amides is 1. The predicted octanol–water partition coefficient (Wildman–Crippen LogP) is 3.80. The van der Waals surface area contributed by atoms with Gasteiger partial charge in [-0.05, 0) is 68.5 Å². The van der Waals surface area contributed by atoms with E-state index >= 15 is 0 Å². The van der Waals surface area contributed by atoms with E-state index in [0.29, 0.717) is 29.9 Å². The Kier molecular flexibility index (Phi) is 5.26. The van der Waals surface area contributed by atoms with Crippen LogP contribution in [0.2, 0.25) is 0 Å². The second kappa shape index (κ2) is 7.83. The zero-order valence-electron chi connectivity index (χ0n) is 15.6. The van der Waals surface area contributed by atoms with Crippen LogP contribution >= 0.6 is 0 Å². The Balaban J connectivity index is 1.42. The van der Waals surface area contributed by atoms with Crippen LogP contribution in [-0.2, 0) is 10.0 Å². The van der Waals surface area contributed by atoms with Crippen molar-refractivity contribution in [1.29, 1.82) is 0 Å². The van der Waals surface area contributed by atoms with E-state index in [-0.39, 0.29) is 17.8 Å². The fourth-order valence-corrected chi connectivity index (χ4v) is 5.32. The van der Waals surface area contributed by atoms with E-state index in [0.717, 1.165) is 18.6 Å². The molecule has 0 radical (unpaired) electrons. The normalized spacial score (nSPS) is 18.9. The number of anilines is 2. The van der Waals surface area contributed by atoms with Crippen LogP contribution in [0.4, 0.5) is 11.4 Å². The molecule has 1 saturated carbocycles. The molecule has 2 aliphatic rings. The molecule has 6 nitrogen and oxygen atoms in total. The lowest BCUT2D eigenvalue weighted by molar-refractivity contribution is 0.102. The highest BCUT2D eigenvalue weighted by Crippen LogP contribution is 2.27. The van der Waals surface area contributed by atoms with Gasteiger partial charge in [0.2, 0.25) is 10.0 Å². The molecule has 148 valence electrons. The standard InChI is InChI=1S/C21H24N2O4S/c24-21(16-9-11-18(12-10-16)23-13-4-14-28(23,25)26)22-17-5-3-8-20(15-17)27-19-6-1-2-7-19/h3,5,8-12,15,19H,1-2,4,6-7,13-14H2,(H,22,24). The number of rotatable bonds is 5. The van der Waals surface area contributed by atoms with Gasteiger partial charge in [-0.25, -0.2) is 8.42 Å². The van der Waals surface area contributed by atoms with Gasteiger partial charge in [0, 0.05) is 23.9 Å². The first-order valence-electron chi connectivity index (χ1n) is 9.70. The predicted molar refractivity (Wildman–Crippen MR) is 109 cm³/mol. The number of carbonyl (C=O) groups is 1. The first-order chi connectivity index (χ1) is 13.5. The van der Waals surface area contributed by atoms with Gasteiger partial charge < -0.3 is 10.1 Å². The number of benzene rings is 2. The first-order valence-corrected chi connectivity index (χ1v) is 11.3. The monoisotopic (exact) mass is 400 g/mol. The summed E-state index contributed by atoms with van der Waals surface area (Å²) in [6.07, 6.45) is 5.46. The van der Waals surface area contributed by atoms with Crippen LogP contribution in [0.5, 0.6) is 5.75 Å². The van der Waals surface area contributed by atoms with E-state index in [1.54, 1.807) is 24.3 Å². The van der Waals surface area contributed by atoms with Crippen molar-refractivity contribution in [3.8, 4) is 5.75 Å². The zero-order chi connectivity index (χ0) is 19.6. The molecule has 0 atom stereocenters. The highest BCUT2D eigenvalue weighted by Gasteiger charge is 2.28. The summed E-state index contributed by atoms with van der Waals surface area (Å²) in [6.45, 7) is 0.488. The third-order valence-corrected chi connectivity index (χ3v) is 7.08. The van der Waals surface area contributed by atoms with E-state index < -0.39 is 10.0 Å². The molecule has 1 heterocycles. The molecule has 7 heteroatoms. The summed E-state index contributed by atoms with van der Waals surface area (Å²) in [5, 5.41) is 2.88. The summed E-state index contributed by atoms with van der Waals surface area (Å²) < 4.78 is 31.4. The number of hydrogen-bond acceptors (Lipinski definition) is 4. The minimum Gasteiger partial charge on any atom is -0.490 e. The molecule has 1 aliphatic heterocycles. The highest BCUT2D eigenvalue weighted by molar-refractivity contribution is 7.93. The van der Waals surface area contributed by atoms with Crippen molar-refractivity contribution in [1.82, 2.24) is 0 Å². The molecule has 0 bridgehead atoms. The number of nitrogens with zero attached hydrogens (tertiary/aromatic N) is 1. The van der Waals surface area contributed by atoms with Crippen molar-refractivity contribution >= 4 is 27.3 Å². The van der Waals surface area contributed by atoms with Gasteiger partial charge in [-0.3, -0.25) is 9.10 Å². The summed E-state index contributed by atoms with van der Waals surface area (Å²) in [4.78, 5) is 12.5. The third-order valence-electron chi connectivity index (χ3n) is 5.21. The van der Waals surface area contributed by atoms with Gasteiger partial charge in [0.25, 0.3) is 5.91 Å². The number of hydrogen-bond donors (Lipinski definition) is 1. The third kappa shape index (κ3) is 4.14. The lowest BCUT2D eigenvalue weighted by Gasteiger charge is -2.17. The Hall–Kier alpha value is -2.54. The topological polar surface area (TPSA) is 75.7 Å². The van der Waals surface area contributed by atoms with E-state index in [4.69, 9.17) is 4.74 Å². The first kappa shape index (κ1) is 18.8. The molecule has 2 aromatic carbocycles. The number of sulfonamides is 1. The Morgan fingerprint density at radius 1 is 1.04 bits per heavy atom. The molecule has 0 aromatic heterocycles. The zero-order valence-corrected chi connectivity index (χ0v) is 16.5. The minimum atomic E-state index is -3.22. The lowest BCUT2D eigenvalue weighted by Crippen LogP contribution is -2.25. The lowest BCUT2D eigenvalue weighted by atomic mass is 10.2. The smallest absolute Gasteiger partial charge is 0.255 e. The molecule has 1 N–H and O–H groups in total. The fourth-order valence-electron chi connectivity index (χ4n) is 3.76. The average Bonchev–Trinajstić information content (AvgIpc) is 3.31. The Bertz CT molecular complexity index is 951. The second-order valence-electron chi connectivity index (χ2n) is 7.29. The maximum atomic E-state index is 12.5. The summed E-state index contributed by atoms with van der Waals surface area (Å²) in [5.41, 5.74) is 1.75. The van der Waals surface area contributed by atoms with Crippen LogP contribution in [0, 0.1) is 0 Å². The van der Waals surface area contributed by atoms with Crippen molar-refractivity contribution in [3.63, 3.8) is 0 Å². The largest absolute Gasteiger partial charge is 0.490 e. The van der Waals surface area contributed by atoms with E-state index in [1.165, 1.54) is 17.1 Å². The van der Waals surface area contributed by atoms with Crippen LogP contribution in [0.25, 0.3) is 0 Å². The van der Waals surface area contributed by atoms with E-state index in [1.807, 2.05) is 24.3 Å². The van der Waals surface area contributed by atoms with Crippen LogP contribution in [-0.4, -0.2) is 32.7 Å². The van der Waals surface area contributed by atoms with Gasteiger partial charge in [0.1, 0.15) is 5.75 Å². The highest BCUT2D eigenvalue weighted by atomic mass is 32.2. The van der Waals surface area contributed by atoms with Crippen molar-refractivity contribution in [3.05, 3.63) is 54.1 Å². The summed E-state index contributed by atoms with van der Waals surface area (Å²) in [7, 11) is -3.22. The molecule has 4 rings (SSSR count).